The van der Waals surface area contributed by atoms with E-state index in [1.165, 1.54) is 11.1 Å². The number of amides is 2. The standard InChI is InChI=1S/C28H34N2O5/c1-3-28(4-2,26(33)30-19-14-13-18(15-19)25(31)32)17-29-27(34)35-16-24-22-11-7-5-9-20(22)21-10-6-8-12-23(21)24/h5-12,18-19,24H,3-4,13-17H2,1-2H3,(H,29,34)(H,30,33)(H,31,32). The largest absolute Gasteiger partial charge is 0.481 e. The van der Waals surface area contributed by atoms with Gasteiger partial charge in [-0.1, -0.05) is 62.4 Å². The van der Waals surface area contributed by atoms with E-state index in [2.05, 4.69) is 34.9 Å². The molecule has 2 aliphatic carbocycles. The number of rotatable bonds is 9. The van der Waals surface area contributed by atoms with Crippen LogP contribution in [0.3, 0.4) is 0 Å². The molecule has 1 fully saturated rings. The number of benzene rings is 2. The highest BCUT2D eigenvalue weighted by molar-refractivity contribution is 5.84. The highest BCUT2D eigenvalue weighted by atomic mass is 16.5. The summed E-state index contributed by atoms with van der Waals surface area (Å²) in [6.45, 7) is 4.24. The summed E-state index contributed by atoms with van der Waals surface area (Å²) < 4.78 is 5.63. The summed E-state index contributed by atoms with van der Waals surface area (Å²) in [7, 11) is 0. The fourth-order valence-electron chi connectivity index (χ4n) is 5.47. The van der Waals surface area contributed by atoms with E-state index in [0.29, 0.717) is 32.1 Å². The van der Waals surface area contributed by atoms with E-state index in [1.54, 1.807) is 0 Å². The summed E-state index contributed by atoms with van der Waals surface area (Å²) in [6, 6.07) is 16.2. The molecule has 7 heteroatoms. The molecule has 35 heavy (non-hydrogen) atoms. The van der Waals surface area contributed by atoms with Crippen LogP contribution in [0.5, 0.6) is 0 Å². The minimum atomic E-state index is -0.809. The second kappa shape index (κ2) is 10.5. The molecular formula is C28H34N2O5. The van der Waals surface area contributed by atoms with Crippen molar-refractivity contribution in [2.45, 2.75) is 57.9 Å². The van der Waals surface area contributed by atoms with Crippen LogP contribution in [0.4, 0.5) is 4.79 Å². The number of carbonyl (C=O) groups excluding carboxylic acids is 2. The Balaban J connectivity index is 1.34. The molecule has 7 nitrogen and oxygen atoms in total. The van der Waals surface area contributed by atoms with Crippen molar-refractivity contribution in [3.63, 3.8) is 0 Å². The van der Waals surface area contributed by atoms with Crippen LogP contribution in [0, 0.1) is 11.3 Å². The summed E-state index contributed by atoms with van der Waals surface area (Å²) in [5.74, 6) is -1.38. The molecule has 0 radical (unpaired) electrons. The maximum Gasteiger partial charge on any atom is 0.407 e. The third-order valence-corrected chi connectivity index (χ3v) is 7.87. The van der Waals surface area contributed by atoms with Crippen molar-refractivity contribution in [3.05, 3.63) is 59.7 Å². The van der Waals surface area contributed by atoms with Gasteiger partial charge in [0.2, 0.25) is 5.91 Å². The normalized spacial score (nSPS) is 19.0. The van der Waals surface area contributed by atoms with Crippen LogP contribution >= 0.6 is 0 Å². The van der Waals surface area contributed by atoms with E-state index in [0.717, 1.165) is 11.1 Å². The quantitative estimate of drug-likeness (QED) is 0.485. The minimum absolute atomic E-state index is 0.0249. The molecule has 4 rings (SSSR count). The number of fused-ring (bicyclic) bond motifs is 3. The molecule has 186 valence electrons. The van der Waals surface area contributed by atoms with Gasteiger partial charge in [-0.05, 0) is 54.4 Å². The van der Waals surface area contributed by atoms with Crippen LogP contribution in [0.15, 0.2) is 48.5 Å². The van der Waals surface area contributed by atoms with Crippen LogP contribution in [0.1, 0.15) is 63.0 Å². The van der Waals surface area contributed by atoms with Crippen molar-refractivity contribution >= 4 is 18.0 Å². The van der Waals surface area contributed by atoms with E-state index in [9.17, 15) is 19.5 Å². The van der Waals surface area contributed by atoms with Gasteiger partial charge in [-0.15, -0.1) is 0 Å². The number of hydrogen-bond acceptors (Lipinski definition) is 4. The first-order valence-electron chi connectivity index (χ1n) is 12.5. The monoisotopic (exact) mass is 478 g/mol. The molecule has 0 bridgehead atoms. The van der Waals surface area contributed by atoms with Crippen molar-refractivity contribution in [1.82, 2.24) is 10.6 Å². The van der Waals surface area contributed by atoms with Crippen LogP contribution in [-0.2, 0) is 14.3 Å². The lowest BCUT2D eigenvalue weighted by molar-refractivity contribution is -0.141. The number of carboxylic acids is 1. The third-order valence-electron chi connectivity index (χ3n) is 7.87. The first-order chi connectivity index (χ1) is 16.9. The van der Waals surface area contributed by atoms with E-state index in [1.807, 2.05) is 38.1 Å². The van der Waals surface area contributed by atoms with Gasteiger partial charge in [0.15, 0.2) is 0 Å². The van der Waals surface area contributed by atoms with Crippen LogP contribution in [0.25, 0.3) is 11.1 Å². The highest BCUT2D eigenvalue weighted by Crippen LogP contribution is 2.44. The number of carboxylic acid groups (broad SMARTS) is 1. The Morgan fingerprint density at radius 1 is 0.971 bits per heavy atom. The molecule has 2 aromatic rings. The van der Waals surface area contributed by atoms with Crippen LogP contribution < -0.4 is 10.6 Å². The summed E-state index contributed by atoms with van der Waals surface area (Å²) in [5.41, 5.74) is 3.86. The zero-order valence-electron chi connectivity index (χ0n) is 20.4. The Kier molecular flexibility index (Phi) is 7.43. The highest BCUT2D eigenvalue weighted by Gasteiger charge is 2.39. The van der Waals surface area contributed by atoms with Crippen molar-refractivity contribution < 1.29 is 24.2 Å². The number of aliphatic carboxylic acids is 1. The second-order valence-corrected chi connectivity index (χ2v) is 9.69. The molecule has 1 saturated carbocycles. The molecule has 0 spiro atoms. The number of hydrogen-bond donors (Lipinski definition) is 3. The molecule has 0 aliphatic heterocycles. The van der Waals surface area contributed by atoms with E-state index >= 15 is 0 Å². The molecule has 2 atom stereocenters. The van der Waals surface area contributed by atoms with Gasteiger partial charge in [0, 0.05) is 18.5 Å². The van der Waals surface area contributed by atoms with Crippen molar-refractivity contribution in [2.24, 2.45) is 11.3 Å². The molecule has 2 unspecified atom stereocenters. The average Bonchev–Trinajstić information content (AvgIpc) is 3.47. The van der Waals surface area contributed by atoms with Gasteiger partial charge < -0.3 is 20.5 Å². The minimum Gasteiger partial charge on any atom is -0.481 e. The fourth-order valence-corrected chi connectivity index (χ4v) is 5.47. The SMILES string of the molecule is CCC(CC)(CNC(=O)OCC1c2ccccc2-c2ccccc21)C(=O)NC1CCC(C(=O)O)C1. The number of ether oxygens (including phenoxy) is 1. The van der Waals surface area contributed by atoms with Crippen LogP contribution in [-0.4, -0.2) is 42.3 Å². The zero-order chi connectivity index (χ0) is 25.0. The Labute approximate surface area is 206 Å². The Morgan fingerprint density at radius 2 is 1.57 bits per heavy atom. The van der Waals surface area contributed by atoms with Gasteiger partial charge in [-0.25, -0.2) is 4.79 Å². The predicted octanol–water partition coefficient (Wildman–Crippen LogP) is 4.70. The molecule has 3 N–H and O–H groups in total. The topological polar surface area (TPSA) is 105 Å². The van der Waals surface area contributed by atoms with E-state index in [4.69, 9.17) is 4.74 Å². The van der Waals surface area contributed by atoms with E-state index < -0.39 is 23.4 Å². The van der Waals surface area contributed by atoms with Crippen LogP contribution in [0.2, 0.25) is 0 Å². The van der Waals surface area contributed by atoms with E-state index in [-0.39, 0.29) is 31.0 Å². The Bertz CT molecular complexity index is 1050. The lowest BCUT2D eigenvalue weighted by Crippen LogP contribution is -2.50. The predicted molar refractivity (Wildman–Crippen MR) is 133 cm³/mol. The second-order valence-electron chi connectivity index (χ2n) is 9.69. The zero-order valence-corrected chi connectivity index (χ0v) is 20.4. The molecule has 2 aromatic carbocycles. The van der Waals surface area contributed by atoms with Gasteiger partial charge in [0.25, 0.3) is 0 Å². The molecule has 2 aliphatic rings. The molecular weight excluding hydrogens is 444 g/mol. The first kappa shape index (κ1) is 24.8. The maximum absolute atomic E-state index is 13.2. The smallest absolute Gasteiger partial charge is 0.407 e. The maximum atomic E-state index is 13.2. The summed E-state index contributed by atoms with van der Waals surface area (Å²) in [4.78, 5) is 37.1. The van der Waals surface area contributed by atoms with Gasteiger partial charge in [0.05, 0.1) is 11.3 Å². The van der Waals surface area contributed by atoms with Crippen molar-refractivity contribution in [2.75, 3.05) is 13.2 Å². The summed E-state index contributed by atoms with van der Waals surface area (Å²) >= 11 is 0. The van der Waals surface area contributed by atoms with Crippen molar-refractivity contribution in [1.29, 1.82) is 0 Å². The summed E-state index contributed by atoms with van der Waals surface area (Å²) in [5, 5.41) is 15.1. The Hall–Kier alpha value is -3.35. The third kappa shape index (κ3) is 5.04. The number of carbonyl (C=O) groups is 3. The molecule has 2 amide bonds. The number of alkyl carbamates (subject to hydrolysis) is 1. The van der Waals surface area contributed by atoms with Gasteiger partial charge in [-0.3, -0.25) is 9.59 Å². The number of nitrogens with one attached hydrogen (secondary N) is 2. The lowest BCUT2D eigenvalue weighted by atomic mass is 9.81. The lowest BCUT2D eigenvalue weighted by Gasteiger charge is -2.31. The fraction of sp³-hybridized carbons (Fsp3) is 0.464. The van der Waals surface area contributed by atoms with Gasteiger partial charge in [-0.2, -0.15) is 0 Å². The molecule has 0 heterocycles. The molecule has 0 saturated heterocycles. The average molecular weight is 479 g/mol. The molecule has 0 aromatic heterocycles. The van der Waals surface area contributed by atoms with Crippen molar-refractivity contribution in [3.8, 4) is 11.1 Å². The summed E-state index contributed by atoms with van der Waals surface area (Å²) in [6.07, 6.45) is 2.24. The Morgan fingerprint density at radius 3 is 2.11 bits per heavy atom. The first-order valence-corrected chi connectivity index (χ1v) is 12.5. The van der Waals surface area contributed by atoms with Gasteiger partial charge >= 0.3 is 12.1 Å². The van der Waals surface area contributed by atoms with Gasteiger partial charge in [0.1, 0.15) is 6.61 Å².